The van der Waals surface area contributed by atoms with Gasteiger partial charge in [0.25, 0.3) is 0 Å². The summed E-state index contributed by atoms with van der Waals surface area (Å²) in [5.74, 6) is 0.538. The first kappa shape index (κ1) is 11.8. The summed E-state index contributed by atoms with van der Waals surface area (Å²) in [6.45, 7) is 5.02. The maximum atomic E-state index is 4.65. The first-order valence-corrected chi connectivity index (χ1v) is 7.01. The Kier molecular flexibility index (Phi) is 3.74. The minimum absolute atomic E-state index is 0.538. The van der Waals surface area contributed by atoms with Crippen LogP contribution in [0.2, 0.25) is 0 Å². The van der Waals surface area contributed by atoms with Crippen LogP contribution >= 0.6 is 22.6 Å². The normalized spacial score (nSPS) is 19.1. The quantitative estimate of drug-likeness (QED) is 0.453. The van der Waals surface area contributed by atoms with Crippen LogP contribution in [0.3, 0.4) is 0 Å². The van der Waals surface area contributed by atoms with Crippen molar-refractivity contribution in [1.29, 1.82) is 0 Å². The molecular weight excluding hydrogens is 311 g/mol. The zero-order valence-corrected chi connectivity index (χ0v) is 11.7. The molecule has 16 heavy (non-hydrogen) atoms. The Labute approximate surface area is 109 Å². The smallest absolute Gasteiger partial charge is 0.0923 e. The number of alkyl halides is 1. The van der Waals surface area contributed by atoms with Crippen LogP contribution in [0.5, 0.6) is 0 Å². The number of aliphatic imine (C=N–C) groups is 1. The Morgan fingerprint density at radius 1 is 1.56 bits per heavy atom. The van der Waals surface area contributed by atoms with E-state index in [2.05, 4.69) is 57.7 Å². The van der Waals surface area contributed by atoms with Crippen molar-refractivity contribution in [2.45, 2.75) is 18.3 Å². The molecule has 2 rings (SSSR count). The second kappa shape index (κ2) is 5.08. The average molecular weight is 326 g/mol. The molecule has 1 aliphatic heterocycles. The number of rotatable bonds is 2. The van der Waals surface area contributed by atoms with Gasteiger partial charge in [0.05, 0.1) is 11.0 Å². The lowest BCUT2D eigenvalue weighted by Crippen LogP contribution is -2.31. The van der Waals surface area contributed by atoms with Gasteiger partial charge >= 0.3 is 0 Å². The molecule has 0 spiro atoms. The molecule has 3 heteroatoms. The van der Waals surface area contributed by atoms with Gasteiger partial charge in [-0.3, -0.25) is 9.98 Å². The maximum Gasteiger partial charge on any atom is 0.0923 e. The maximum absolute atomic E-state index is 4.65. The van der Waals surface area contributed by atoms with Gasteiger partial charge in [-0.15, -0.1) is 0 Å². The molecule has 0 fully saturated rings. The number of benzene rings is 1. The predicted octanol–water partition coefficient (Wildman–Crippen LogP) is 2.39. The number of nitrogens with zero attached hydrogens (tertiary/aromatic N) is 2. The van der Waals surface area contributed by atoms with Crippen molar-refractivity contribution in [2.24, 2.45) is 15.9 Å². The van der Waals surface area contributed by atoms with Crippen molar-refractivity contribution < 1.29 is 0 Å². The van der Waals surface area contributed by atoms with Gasteiger partial charge in [0, 0.05) is 17.2 Å². The van der Waals surface area contributed by atoms with Crippen molar-refractivity contribution in [2.75, 3.05) is 6.54 Å². The van der Waals surface area contributed by atoms with Crippen molar-refractivity contribution in [3.63, 3.8) is 0 Å². The van der Waals surface area contributed by atoms with E-state index in [4.69, 9.17) is 0 Å². The van der Waals surface area contributed by atoms with Gasteiger partial charge in [0.15, 0.2) is 0 Å². The molecule has 1 aliphatic rings. The van der Waals surface area contributed by atoms with E-state index in [-0.39, 0.29) is 0 Å². The van der Waals surface area contributed by atoms with Gasteiger partial charge < -0.3 is 0 Å². The van der Waals surface area contributed by atoms with E-state index in [1.165, 1.54) is 10.8 Å². The fourth-order valence-electron chi connectivity index (χ4n) is 1.91. The van der Waals surface area contributed by atoms with Crippen LogP contribution in [0.1, 0.15) is 19.4 Å². The van der Waals surface area contributed by atoms with Crippen LogP contribution < -0.4 is 10.6 Å². The van der Waals surface area contributed by atoms with E-state index in [1.54, 1.807) is 0 Å². The molecule has 0 saturated carbocycles. The van der Waals surface area contributed by atoms with Gasteiger partial charge in [-0.25, -0.2) is 0 Å². The minimum Gasteiger partial charge on any atom is -0.282 e. The predicted molar refractivity (Wildman–Crippen MR) is 77.3 cm³/mol. The Balaban J connectivity index is 2.75. The zero-order valence-electron chi connectivity index (χ0n) is 9.57. The average Bonchev–Trinajstić information content (AvgIpc) is 2.29. The van der Waals surface area contributed by atoms with E-state index in [0.717, 1.165) is 22.0 Å². The third kappa shape index (κ3) is 2.19. The lowest BCUT2D eigenvalue weighted by atomic mass is 10.0. The molecule has 84 valence electrons. The van der Waals surface area contributed by atoms with Crippen molar-refractivity contribution >= 4 is 40.6 Å². The van der Waals surface area contributed by atoms with E-state index < -0.39 is 0 Å². The third-order valence-corrected chi connectivity index (χ3v) is 3.49. The summed E-state index contributed by atoms with van der Waals surface area (Å²) >= 11 is 2.37. The first-order valence-electron chi connectivity index (χ1n) is 5.49. The Bertz CT molecular complexity index is 532. The molecular formula is C13H15IN2. The summed E-state index contributed by atoms with van der Waals surface area (Å²) in [6, 6.07) is 4.33. The van der Waals surface area contributed by atoms with E-state index in [1.807, 2.05) is 13.1 Å². The summed E-state index contributed by atoms with van der Waals surface area (Å²) < 4.78 is 0.975. The number of halogens is 1. The van der Waals surface area contributed by atoms with Gasteiger partial charge in [-0.2, -0.15) is 0 Å². The lowest BCUT2D eigenvalue weighted by Gasteiger charge is -2.10. The molecule has 1 aromatic rings. The molecule has 1 heterocycles. The minimum atomic E-state index is 0.538. The Morgan fingerprint density at radius 3 is 3.06 bits per heavy atom. The van der Waals surface area contributed by atoms with E-state index in [9.17, 15) is 0 Å². The fraction of sp³-hybridized carbons (Fsp3) is 0.385. The van der Waals surface area contributed by atoms with Crippen LogP contribution in [-0.4, -0.2) is 12.8 Å². The topological polar surface area (TPSA) is 24.7 Å². The molecule has 0 N–H and O–H groups in total. The fourth-order valence-corrected chi connectivity index (χ4v) is 2.53. The van der Waals surface area contributed by atoms with Gasteiger partial charge in [0.2, 0.25) is 0 Å². The van der Waals surface area contributed by atoms with Crippen LogP contribution in [0.15, 0.2) is 22.1 Å². The molecule has 1 unspecified atom stereocenters. The largest absolute Gasteiger partial charge is 0.282 e. The number of hydrogen-bond acceptors (Lipinski definition) is 2. The van der Waals surface area contributed by atoms with Crippen LogP contribution in [0, 0.1) is 5.92 Å². The summed E-state index contributed by atoms with van der Waals surface area (Å²) in [6.07, 6.45) is 4.13. The molecule has 1 atom stereocenters. The van der Waals surface area contributed by atoms with Crippen LogP contribution in [0.4, 0.5) is 5.69 Å². The molecule has 0 amide bonds. The lowest BCUT2D eigenvalue weighted by molar-refractivity contribution is 0.747. The summed E-state index contributed by atoms with van der Waals surface area (Å²) in [5.41, 5.74) is 2.32. The van der Waals surface area contributed by atoms with Crippen molar-refractivity contribution in [3.05, 3.63) is 28.3 Å². The molecule has 0 saturated heterocycles. The van der Waals surface area contributed by atoms with E-state index in [0.29, 0.717) is 5.92 Å². The number of fused-ring (bicyclic) bond motifs is 1. The second-order valence-electron chi connectivity index (χ2n) is 4.02. The summed E-state index contributed by atoms with van der Waals surface area (Å²) in [5, 5.41) is 2.30. The first-order chi connectivity index (χ1) is 7.76. The highest BCUT2D eigenvalue weighted by atomic mass is 127. The highest BCUT2D eigenvalue weighted by Crippen LogP contribution is 2.16. The van der Waals surface area contributed by atoms with E-state index >= 15 is 0 Å². The molecule has 0 aromatic heterocycles. The van der Waals surface area contributed by atoms with Gasteiger partial charge in [-0.05, 0) is 23.6 Å². The monoisotopic (exact) mass is 326 g/mol. The van der Waals surface area contributed by atoms with Crippen LogP contribution in [0.25, 0.3) is 6.08 Å². The third-order valence-electron chi connectivity index (χ3n) is 2.67. The highest BCUT2D eigenvalue weighted by Gasteiger charge is 2.08. The molecule has 0 aliphatic carbocycles. The SMILES string of the molecule is CC=Nc1c(CI)ccc2c1=NCC(C)C=2. The molecule has 0 radical (unpaired) electrons. The van der Waals surface area contributed by atoms with Gasteiger partial charge in [0.1, 0.15) is 0 Å². The molecule has 2 nitrogen and oxygen atoms in total. The van der Waals surface area contributed by atoms with Gasteiger partial charge in [-0.1, -0.05) is 47.7 Å². The van der Waals surface area contributed by atoms with Crippen LogP contribution in [-0.2, 0) is 4.43 Å². The summed E-state index contributed by atoms with van der Waals surface area (Å²) in [7, 11) is 0. The highest BCUT2D eigenvalue weighted by molar-refractivity contribution is 14.1. The second-order valence-corrected chi connectivity index (χ2v) is 4.78. The summed E-state index contributed by atoms with van der Waals surface area (Å²) in [4.78, 5) is 9.13. The Hall–Kier alpha value is -0.710. The van der Waals surface area contributed by atoms with Crippen molar-refractivity contribution in [1.82, 2.24) is 0 Å². The zero-order chi connectivity index (χ0) is 11.5. The standard InChI is InChI=1S/C13H15IN2/c1-3-15-13-11(7-14)5-4-10-6-9(2)8-16-12(10)13/h3-6,9H,7-8H2,1-2H3. The van der Waals surface area contributed by atoms with Crippen molar-refractivity contribution in [3.8, 4) is 0 Å². The molecule has 1 aromatic carbocycles. The number of hydrogen-bond donors (Lipinski definition) is 0. The Morgan fingerprint density at radius 2 is 2.38 bits per heavy atom. The molecule has 0 bridgehead atoms.